The monoisotopic (exact) mass is 264 g/mol. The molecule has 0 aromatic carbocycles. The van der Waals surface area contributed by atoms with Crippen molar-refractivity contribution in [2.75, 3.05) is 26.5 Å². The Balaban J connectivity index is 2.28. The molecular formula is C11H24N2O3S. The van der Waals surface area contributed by atoms with Crippen molar-refractivity contribution in [2.45, 2.75) is 44.2 Å². The molecule has 0 aromatic heterocycles. The second-order valence-corrected chi connectivity index (χ2v) is 6.49. The highest BCUT2D eigenvalue weighted by molar-refractivity contribution is 7.89. The van der Waals surface area contributed by atoms with Crippen LogP contribution in [0.5, 0.6) is 0 Å². The first-order valence-electron chi connectivity index (χ1n) is 6.23. The molecule has 1 rings (SSSR count). The largest absolute Gasteiger partial charge is 0.385 e. The van der Waals surface area contributed by atoms with E-state index in [1.807, 2.05) is 7.05 Å². The third-order valence-corrected chi connectivity index (χ3v) is 4.76. The van der Waals surface area contributed by atoms with Gasteiger partial charge in [0.25, 0.3) is 0 Å². The van der Waals surface area contributed by atoms with Gasteiger partial charge in [-0.25, -0.2) is 13.1 Å². The van der Waals surface area contributed by atoms with Gasteiger partial charge in [0.15, 0.2) is 0 Å². The van der Waals surface area contributed by atoms with E-state index >= 15 is 0 Å². The van der Waals surface area contributed by atoms with Crippen molar-refractivity contribution < 1.29 is 13.2 Å². The van der Waals surface area contributed by atoms with Gasteiger partial charge in [-0.05, 0) is 39.2 Å². The summed E-state index contributed by atoms with van der Waals surface area (Å²) in [5.41, 5.74) is 0. The van der Waals surface area contributed by atoms with Crippen molar-refractivity contribution in [1.82, 2.24) is 10.0 Å². The smallest absolute Gasteiger partial charge is 0.211 e. The number of methoxy groups -OCH3 is 1. The Kier molecular flexibility index (Phi) is 6.40. The highest BCUT2D eigenvalue weighted by Crippen LogP contribution is 2.18. The Morgan fingerprint density at radius 3 is 2.29 bits per heavy atom. The first-order chi connectivity index (χ1) is 8.07. The summed E-state index contributed by atoms with van der Waals surface area (Å²) in [6.07, 6.45) is 4.49. The van der Waals surface area contributed by atoms with Crippen molar-refractivity contribution in [2.24, 2.45) is 0 Å². The molecule has 0 spiro atoms. The molecule has 0 unspecified atom stereocenters. The SMILES string of the molecule is CNC1CCC(NS(=O)(=O)CCCOC)CC1. The summed E-state index contributed by atoms with van der Waals surface area (Å²) in [4.78, 5) is 0. The topological polar surface area (TPSA) is 67.4 Å². The van der Waals surface area contributed by atoms with Crippen molar-refractivity contribution in [3.05, 3.63) is 0 Å². The van der Waals surface area contributed by atoms with Gasteiger partial charge in [0, 0.05) is 25.8 Å². The van der Waals surface area contributed by atoms with Crippen molar-refractivity contribution in [3.8, 4) is 0 Å². The predicted molar refractivity (Wildman–Crippen MR) is 68.5 cm³/mol. The summed E-state index contributed by atoms with van der Waals surface area (Å²) in [6, 6.07) is 0.663. The van der Waals surface area contributed by atoms with Crippen LogP contribution in [0.4, 0.5) is 0 Å². The second kappa shape index (κ2) is 7.31. The average molecular weight is 264 g/mol. The van der Waals surface area contributed by atoms with E-state index in [0.717, 1.165) is 25.7 Å². The van der Waals surface area contributed by atoms with Gasteiger partial charge in [0.05, 0.1) is 5.75 Å². The van der Waals surface area contributed by atoms with Crippen LogP contribution in [-0.4, -0.2) is 47.0 Å². The number of hydrogen-bond acceptors (Lipinski definition) is 4. The van der Waals surface area contributed by atoms with E-state index in [9.17, 15) is 8.42 Å². The molecule has 2 N–H and O–H groups in total. The molecule has 0 radical (unpaired) electrons. The van der Waals surface area contributed by atoms with Crippen molar-refractivity contribution in [1.29, 1.82) is 0 Å². The van der Waals surface area contributed by atoms with Crippen LogP contribution in [0.25, 0.3) is 0 Å². The molecule has 1 saturated carbocycles. The van der Waals surface area contributed by atoms with Gasteiger partial charge in [-0.2, -0.15) is 0 Å². The normalized spacial score (nSPS) is 26.0. The van der Waals surface area contributed by atoms with E-state index in [0.29, 0.717) is 19.1 Å². The number of ether oxygens (including phenoxy) is 1. The van der Waals surface area contributed by atoms with Crippen LogP contribution < -0.4 is 10.0 Å². The van der Waals surface area contributed by atoms with E-state index in [2.05, 4.69) is 10.0 Å². The zero-order valence-electron chi connectivity index (χ0n) is 10.7. The maximum absolute atomic E-state index is 11.7. The molecule has 6 heteroatoms. The Hall–Kier alpha value is -0.170. The molecule has 1 fully saturated rings. The lowest BCUT2D eigenvalue weighted by molar-refractivity contribution is 0.199. The van der Waals surface area contributed by atoms with Gasteiger partial charge in [-0.15, -0.1) is 0 Å². The lowest BCUT2D eigenvalue weighted by atomic mass is 9.92. The summed E-state index contributed by atoms with van der Waals surface area (Å²) < 4.78 is 31.1. The first kappa shape index (κ1) is 14.9. The molecule has 0 saturated heterocycles. The van der Waals surface area contributed by atoms with Crippen LogP contribution in [0.1, 0.15) is 32.1 Å². The van der Waals surface area contributed by atoms with Gasteiger partial charge in [0.2, 0.25) is 10.0 Å². The summed E-state index contributed by atoms with van der Waals surface area (Å²) >= 11 is 0. The summed E-state index contributed by atoms with van der Waals surface area (Å²) in [6.45, 7) is 0.493. The number of hydrogen-bond donors (Lipinski definition) is 2. The van der Waals surface area contributed by atoms with Gasteiger partial charge >= 0.3 is 0 Å². The predicted octanol–water partition coefficient (Wildman–Crippen LogP) is 0.473. The van der Waals surface area contributed by atoms with E-state index in [-0.39, 0.29) is 11.8 Å². The molecular weight excluding hydrogens is 240 g/mol. The third-order valence-electron chi connectivity index (χ3n) is 3.24. The minimum absolute atomic E-state index is 0.118. The molecule has 0 amide bonds. The number of rotatable bonds is 7. The zero-order chi connectivity index (χ0) is 12.7. The van der Waals surface area contributed by atoms with Crippen LogP contribution in [0, 0.1) is 0 Å². The molecule has 1 aliphatic carbocycles. The molecule has 0 aliphatic heterocycles. The third kappa shape index (κ3) is 5.81. The Morgan fingerprint density at radius 2 is 1.76 bits per heavy atom. The van der Waals surface area contributed by atoms with E-state index in [1.165, 1.54) is 0 Å². The summed E-state index contributed by atoms with van der Waals surface area (Å²) in [5.74, 6) is 0.160. The van der Waals surface area contributed by atoms with Gasteiger partial charge in [0.1, 0.15) is 0 Å². The summed E-state index contributed by atoms with van der Waals surface area (Å²) in [5, 5.41) is 3.24. The molecule has 102 valence electrons. The van der Waals surface area contributed by atoms with Crippen LogP contribution >= 0.6 is 0 Å². The summed E-state index contributed by atoms with van der Waals surface area (Å²) in [7, 11) is 0.413. The highest BCUT2D eigenvalue weighted by atomic mass is 32.2. The fraction of sp³-hybridized carbons (Fsp3) is 1.00. The van der Waals surface area contributed by atoms with Crippen molar-refractivity contribution in [3.63, 3.8) is 0 Å². The van der Waals surface area contributed by atoms with Gasteiger partial charge in [-0.1, -0.05) is 0 Å². The lowest BCUT2D eigenvalue weighted by Gasteiger charge is -2.28. The van der Waals surface area contributed by atoms with Crippen LogP contribution in [0.3, 0.4) is 0 Å². The number of sulfonamides is 1. The molecule has 1 aliphatic rings. The fourth-order valence-corrected chi connectivity index (χ4v) is 3.57. The van der Waals surface area contributed by atoms with Crippen LogP contribution in [0.2, 0.25) is 0 Å². The minimum Gasteiger partial charge on any atom is -0.385 e. The van der Waals surface area contributed by atoms with Gasteiger partial charge < -0.3 is 10.1 Å². The Labute approximate surface area is 104 Å². The fourth-order valence-electron chi connectivity index (χ4n) is 2.21. The second-order valence-electron chi connectivity index (χ2n) is 4.62. The van der Waals surface area contributed by atoms with Gasteiger partial charge in [-0.3, -0.25) is 0 Å². The standard InChI is InChI=1S/C11H24N2O3S/c1-12-10-4-6-11(7-5-10)13-17(14,15)9-3-8-16-2/h10-13H,3-9H2,1-2H3. The highest BCUT2D eigenvalue weighted by Gasteiger charge is 2.23. The quantitative estimate of drug-likeness (QED) is 0.656. The Morgan fingerprint density at radius 1 is 1.18 bits per heavy atom. The van der Waals surface area contributed by atoms with E-state index in [4.69, 9.17) is 4.74 Å². The molecule has 0 bridgehead atoms. The first-order valence-corrected chi connectivity index (χ1v) is 7.89. The molecule has 0 atom stereocenters. The molecule has 5 nitrogen and oxygen atoms in total. The molecule has 17 heavy (non-hydrogen) atoms. The van der Waals surface area contributed by atoms with Crippen LogP contribution in [-0.2, 0) is 14.8 Å². The molecule has 0 heterocycles. The maximum Gasteiger partial charge on any atom is 0.211 e. The maximum atomic E-state index is 11.7. The Bertz CT molecular complexity index is 298. The van der Waals surface area contributed by atoms with Crippen LogP contribution in [0.15, 0.2) is 0 Å². The lowest BCUT2D eigenvalue weighted by Crippen LogP contribution is -2.42. The van der Waals surface area contributed by atoms with E-state index in [1.54, 1.807) is 7.11 Å². The minimum atomic E-state index is -3.13. The average Bonchev–Trinajstić information content (AvgIpc) is 2.30. The molecule has 0 aromatic rings. The number of nitrogens with one attached hydrogen (secondary N) is 2. The zero-order valence-corrected chi connectivity index (χ0v) is 11.6. The van der Waals surface area contributed by atoms with Crippen molar-refractivity contribution >= 4 is 10.0 Å². The van der Waals surface area contributed by atoms with E-state index < -0.39 is 10.0 Å².